The highest BCUT2D eigenvalue weighted by Gasteiger charge is 2.48. The number of hydrogen-bond acceptors (Lipinski definition) is 2. The topological polar surface area (TPSA) is 78.4 Å². The van der Waals surface area contributed by atoms with E-state index in [2.05, 4.69) is 24.5 Å². The largest absolute Gasteiger partial charge is 0.480 e. The van der Waals surface area contributed by atoms with Crippen molar-refractivity contribution in [3.05, 3.63) is 0 Å². The molecule has 1 rings (SSSR count). The average molecular weight is 270 g/mol. The number of nitrogens with one attached hydrogen (secondary N) is 2. The molecule has 1 aliphatic carbocycles. The van der Waals surface area contributed by atoms with Gasteiger partial charge in [-0.2, -0.15) is 0 Å². The first kappa shape index (κ1) is 15.8. The van der Waals surface area contributed by atoms with E-state index in [-0.39, 0.29) is 18.0 Å². The molecule has 3 N–H and O–H groups in total. The molecule has 0 heterocycles. The van der Waals surface area contributed by atoms with Crippen molar-refractivity contribution in [1.82, 2.24) is 10.6 Å². The molecular formula is C14H26N2O3. The molecule has 0 bridgehead atoms. The standard InChI is InChI=1S/C14H26N2O3/c1-5-9(2)8-10(3)15-13(19)16-14(4,12(17)18)11-6-7-11/h9-11H,5-8H2,1-4H3,(H,17,18)(H2,15,16,19). The molecule has 1 fully saturated rings. The minimum Gasteiger partial charge on any atom is -0.480 e. The summed E-state index contributed by atoms with van der Waals surface area (Å²) in [5.41, 5.74) is -1.14. The first-order valence-corrected chi connectivity index (χ1v) is 7.11. The summed E-state index contributed by atoms with van der Waals surface area (Å²) in [6.45, 7) is 7.79. The molecule has 0 aliphatic heterocycles. The summed E-state index contributed by atoms with van der Waals surface area (Å²) < 4.78 is 0. The Bertz CT molecular complexity index is 342. The van der Waals surface area contributed by atoms with Crippen molar-refractivity contribution in [2.75, 3.05) is 0 Å². The molecule has 0 aromatic rings. The Labute approximate surface area is 115 Å². The maximum absolute atomic E-state index is 11.9. The highest BCUT2D eigenvalue weighted by molar-refractivity contribution is 5.86. The molecular weight excluding hydrogens is 244 g/mol. The number of carbonyl (C=O) groups is 2. The van der Waals surface area contributed by atoms with Crippen LogP contribution in [-0.4, -0.2) is 28.7 Å². The zero-order valence-electron chi connectivity index (χ0n) is 12.3. The molecule has 19 heavy (non-hydrogen) atoms. The molecule has 3 unspecified atom stereocenters. The molecule has 0 saturated heterocycles. The van der Waals surface area contributed by atoms with Gasteiger partial charge in [-0.1, -0.05) is 20.3 Å². The summed E-state index contributed by atoms with van der Waals surface area (Å²) in [5, 5.41) is 14.7. The summed E-state index contributed by atoms with van der Waals surface area (Å²) in [6.07, 6.45) is 3.71. The van der Waals surface area contributed by atoms with E-state index in [1.807, 2.05) is 6.92 Å². The first-order valence-electron chi connectivity index (χ1n) is 7.11. The van der Waals surface area contributed by atoms with Crippen LogP contribution in [0.15, 0.2) is 0 Å². The summed E-state index contributed by atoms with van der Waals surface area (Å²) in [5.74, 6) is -0.357. The number of amides is 2. The Kier molecular flexibility index (Phi) is 5.20. The highest BCUT2D eigenvalue weighted by Crippen LogP contribution is 2.39. The van der Waals surface area contributed by atoms with E-state index in [0.29, 0.717) is 5.92 Å². The van der Waals surface area contributed by atoms with Gasteiger partial charge in [-0.15, -0.1) is 0 Å². The van der Waals surface area contributed by atoms with Crippen molar-refractivity contribution in [3.63, 3.8) is 0 Å². The van der Waals surface area contributed by atoms with Crippen LogP contribution < -0.4 is 10.6 Å². The molecule has 0 radical (unpaired) electrons. The zero-order valence-corrected chi connectivity index (χ0v) is 12.3. The molecule has 2 amide bonds. The van der Waals surface area contributed by atoms with Crippen LogP contribution >= 0.6 is 0 Å². The highest BCUT2D eigenvalue weighted by atomic mass is 16.4. The molecule has 3 atom stereocenters. The van der Waals surface area contributed by atoms with Gasteiger partial charge in [0.25, 0.3) is 0 Å². The SMILES string of the molecule is CCC(C)CC(C)NC(=O)NC(C)(C(=O)O)C1CC1. The predicted molar refractivity (Wildman–Crippen MR) is 74.0 cm³/mol. The fraction of sp³-hybridized carbons (Fsp3) is 0.857. The number of rotatable bonds is 7. The van der Waals surface area contributed by atoms with Gasteiger partial charge >= 0.3 is 12.0 Å². The van der Waals surface area contributed by atoms with Gasteiger partial charge in [0.15, 0.2) is 0 Å². The second-order valence-electron chi connectivity index (χ2n) is 6.03. The van der Waals surface area contributed by atoms with Crippen molar-refractivity contribution in [3.8, 4) is 0 Å². The second kappa shape index (κ2) is 6.26. The van der Waals surface area contributed by atoms with Crippen LogP contribution in [0.2, 0.25) is 0 Å². The number of hydrogen-bond donors (Lipinski definition) is 3. The van der Waals surface area contributed by atoms with E-state index in [4.69, 9.17) is 0 Å². The Morgan fingerprint density at radius 1 is 1.37 bits per heavy atom. The van der Waals surface area contributed by atoms with Gasteiger partial charge < -0.3 is 15.7 Å². The van der Waals surface area contributed by atoms with Gasteiger partial charge in [0.1, 0.15) is 5.54 Å². The average Bonchev–Trinajstić information content (AvgIpc) is 3.11. The summed E-state index contributed by atoms with van der Waals surface area (Å²) in [6, 6.07) is -0.334. The van der Waals surface area contributed by atoms with E-state index in [1.54, 1.807) is 6.92 Å². The van der Waals surface area contributed by atoms with Crippen molar-refractivity contribution >= 4 is 12.0 Å². The van der Waals surface area contributed by atoms with Crippen LogP contribution in [-0.2, 0) is 4.79 Å². The number of carbonyl (C=O) groups excluding carboxylic acids is 1. The van der Waals surface area contributed by atoms with Gasteiger partial charge in [0, 0.05) is 6.04 Å². The van der Waals surface area contributed by atoms with E-state index < -0.39 is 11.5 Å². The lowest BCUT2D eigenvalue weighted by molar-refractivity contribution is -0.144. The zero-order chi connectivity index (χ0) is 14.6. The second-order valence-corrected chi connectivity index (χ2v) is 6.03. The Morgan fingerprint density at radius 2 is 1.95 bits per heavy atom. The quantitative estimate of drug-likeness (QED) is 0.664. The lowest BCUT2D eigenvalue weighted by atomic mass is 9.96. The van der Waals surface area contributed by atoms with Crippen molar-refractivity contribution in [1.29, 1.82) is 0 Å². The molecule has 0 aromatic carbocycles. The maximum atomic E-state index is 11.9. The van der Waals surface area contributed by atoms with E-state index in [1.165, 1.54) is 0 Å². The normalized spacial score (nSPS) is 21.1. The van der Waals surface area contributed by atoms with Crippen molar-refractivity contribution in [2.24, 2.45) is 11.8 Å². The minimum absolute atomic E-state index is 0.0483. The Hall–Kier alpha value is -1.26. The lowest BCUT2D eigenvalue weighted by Gasteiger charge is -2.27. The van der Waals surface area contributed by atoms with Gasteiger partial charge in [0.05, 0.1) is 0 Å². The first-order chi connectivity index (χ1) is 8.79. The van der Waals surface area contributed by atoms with Crippen molar-refractivity contribution in [2.45, 2.75) is 65.0 Å². The summed E-state index contributed by atoms with van der Waals surface area (Å²) >= 11 is 0. The monoisotopic (exact) mass is 270 g/mol. The minimum atomic E-state index is -1.14. The van der Waals surface area contributed by atoms with Crippen LogP contribution in [0.5, 0.6) is 0 Å². The fourth-order valence-electron chi connectivity index (χ4n) is 2.32. The molecule has 110 valence electrons. The molecule has 5 nitrogen and oxygen atoms in total. The lowest BCUT2D eigenvalue weighted by Crippen LogP contribution is -2.57. The molecule has 0 spiro atoms. The third kappa shape index (κ3) is 4.40. The fourth-order valence-corrected chi connectivity index (χ4v) is 2.32. The van der Waals surface area contributed by atoms with Gasteiger partial charge in [-0.3, -0.25) is 0 Å². The number of urea groups is 1. The van der Waals surface area contributed by atoms with Crippen LogP contribution in [0.25, 0.3) is 0 Å². The molecule has 0 aromatic heterocycles. The number of carboxylic acid groups (broad SMARTS) is 1. The van der Waals surface area contributed by atoms with Crippen molar-refractivity contribution < 1.29 is 14.7 Å². The van der Waals surface area contributed by atoms with E-state index in [9.17, 15) is 14.7 Å². The van der Waals surface area contributed by atoms with Gasteiger partial charge in [-0.05, 0) is 44.9 Å². The molecule has 5 heteroatoms. The predicted octanol–water partition coefficient (Wildman–Crippen LogP) is 2.36. The summed E-state index contributed by atoms with van der Waals surface area (Å²) in [7, 11) is 0. The summed E-state index contributed by atoms with van der Waals surface area (Å²) in [4.78, 5) is 23.2. The molecule has 1 saturated carbocycles. The maximum Gasteiger partial charge on any atom is 0.329 e. The third-order valence-corrected chi connectivity index (χ3v) is 4.04. The molecule has 1 aliphatic rings. The van der Waals surface area contributed by atoms with Crippen LogP contribution in [0.1, 0.15) is 53.4 Å². The Balaban J connectivity index is 2.47. The van der Waals surface area contributed by atoms with E-state index in [0.717, 1.165) is 25.7 Å². The van der Waals surface area contributed by atoms with Crippen LogP contribution in [0.3, 0.4) is 0 Å². The van der Waals surface area contributed by atoms with Gasteiger partial charge in [-0.25, -0.2) is 9.59 Å². The van der Waals surface area contributed by atoms with Gasteiger partial charge in [0.2, 0.25) is 0 Å². The Morgan fingerprint density at radius 3 is 2.37 bits per heavy atom. The van der Waals surface area contributed by atoms with E-state index >= 15 is 0 Å². The van der Waals surface area contributed by atoms with Crippen LogP contribution in [0.4, 0.5) is 4.79 Å². The third-order valence-electron chi connectivity index (χ3n) is 4.04. The number of aliphatic carboxylic acids is 1. The van der Waals surface area contributed by atoms with Crippen LogP contribution in [0, 0.1) is 11.8 Å². The number of carboxylic acids is 1. The smallest absolute Gasteiger partial charge is 0.329 e.